The van der Waals surface area contributed by atoms with Crippen LogP contribution in [0.1, 0.15) is 62.5 Å². The van der Waals surface area contributed by atoms with Gasteiger partial charge in [0, 0.05) is 12.6 Å². The molecule has 0 spiro atoms. The molecule has 0 aliphatic heterocycles. The molecule has 1 heteroatoms. The molecule has 18 heavy (non-hydrogen) atoms. The maximum atomic E-state index is 3.73. The largest absolute Gasteiger partial charge is 0.310 e. The highest BCUT2D eigenvalue weighted by atomic mass is 14.9. The normalized spacial score (nSPS) is 22.3. The molecule has 3 rings (SSSR count). The van der Waals surface area contributed by atoms with Gasteiger partial charge in [-0.05, 0) is 55.6 Å². The highest BCUT2D eigenvalue weighted by Crippen LogP contribution is 2.40. The molecule has 2 aliphatic rings. The Kier molecular flexibility index (Phi) is 3.69. The fourth-order valence-electron chi connectivity index (χ4n) is 3.28. The molecule has 0 aromatic heterocycles. The van der Waals surface area contributed by atoms with Crippen LogP contribution < -0.4 is 5.32 Å². The third-order valence-electron chi connectivity index (χ3n) is 4.73. The second kappa shape index (κ2) is 5.44. The molecule has 0 unspecified atom stereocenters. The Morgan fingerprint density at radius 3 is 2.67 bits per heavy atom. The van der Waals surface area contributed by atoms with Crippen molar-refractivity contribution in [3.05, 3.63) is 35.4 Å². The van der Waals surface area contributed by atoms with Crippen molar-refractivity contribution in [3.63, 3.8) is 0 Å². The Hall–Kier alpha value is -0.820. The van der Waals surface area contributed by atoms with Crippen LogP contribution in [-0.4, -0.2) is 6.04 Å². The molecule has 2 saturated carbocycles. The van der Waals surface area contributed by atoms with Gasteiger partial charge in [-0.3, -0.25) is 0 Å². The van der Waals surface area contributed by atoms with E-state index >= 15 is 0 Å². The lowest BCUT2D eigenvalue weighted by Crippen LogP contribution is -2.31. The zero-order valence-corrected chi connectivity index (χ0v) is 11.5. The lowest BCUT2D eigenvalue weighted by atomic mass is 9.99. The predicted molar refractivity (Wildman–Crippen MR) is 76.7 cm³/mol. The van der Waals surface area contributed by atoms with Crippen LogP contribution in [-0.2, 0) is 6.54 Å². The summed E-state index contributed by atoms with van der Waals surface area (Å²) >= 11 is 0. The minimum Gasteiger partial charge on any atom is -0.310 e. The van der Waals surface area contributed by atoms with E-state index in [-0.39, 0.29) is 0 Å². The number of nitrogens with one attached hydrogen (secondary N) is 1. The van der Waals surface area contributed by atoms with E-state index in [9.17, 15) is 0 Å². The van der Waals surface area contributed by atoms with Crippen molar-refractivity contribution in [1.29, 1.82) is 0 Å². The van der Waals surface area contributed by atoms with Crippen LogP contribution in [0.4, 0.5) is 0 Å². The molecule has 1 aromatic rings. The first kappa shape index (κ1) is 12.2. The van der Waals surface area contributed by atoms with Gasteiger partial charge in [0.25, 0.3) is 0 Å². The van der Waals surface area contributed by atoms with Crippen LogP contribution in [0.5, 0.6) is 0 Å². The minimum atomic E-state index is 0.678. The molecule has 0 heterocycles. The lowest BCUT2D eigenvalue weighted by molar-refractivity contribution is 0.380. The number of hydrogen-bond donors (Lipinski definition) is 1. The predicted octanol–water partition coefficient (Wildman–Crippen LogP) is 4.23. The van der Waals surface area contributed by atoms with E-state index in [1.54, 1.807) is 5.56 Å². The third kappa shape index (κ3) is 2.95. The van der Waals surface area contributed by atoms with Crippen molar-refractivity contribution in [1.82, 2.24) is 5.32 Å². The molecule has 1 N–H and O–H groups in total. The molecule has 0 saturated heterocycles. The summed E-state index contributed by atoms with van der Waals surface area (Å²) in [4.78, 5) is 0. The van der Waals surface area contributed by atoms with E-state index in [1.807, 2.05) is 0 Å². The van der Waals surface area contributed by atoms with E-state index in [0.717, 1.165) is 18.4 Å². The summed E-state index contributed by atoms with van der Waals surface area (Å²) in [5.41, 5.74) is 3.02. The van der Waals surface area contributed by atoms with Crippen LogP contribution in [0.15, 0.2) is 24.3 Å². The van der Waals surface area contributed by atoms with Crippen molar-refractivity contribution in [2.75, 3.05) is 0 Å². The van der Waals surface area contributed by atoms with E-state index in [2.05, 4.69) is 36.5 Å². The number of benzene rings is 1. The van der Waals surface area contributed by atoms with Gasteiger partial charge in [0.1, 0.15) is 0 Å². The van der Waals surface area contributed by atoms with Crippen LogP contribution >= 0.6 is 0 Å². The first-order chi connectivity index (χ1) is 8.83. The zero-order valence-electron chi connectivity index (χ0n) is 11.5. The van der Waals surface area contributed by atoms with E-state index < -0.39 is 0 Å². The Labute approximate surface area is 111 Å². The third-order valence-corrected chi connectivity index (χ3v) is 4.73. The van der Waals surface area contributed by atoms with Crippen molar-refractivity contribution >= 4 is 0 Å². The van der Waals surface area contributed by atoms with Crippen molar-refractivity contribution in [3.8, 4) is 0 Å². The maximum absolute atomic E-state index is 3.73. The van der Waals surface area contributed by atoms with Crippen LogP contribution in [0.25, 0.3) is 0 Å². The summed E-state index contributed by atoms with van der Waals surface area (Å²) in [5.74, 6) is 1.79. The average Bonchev–Trinajstić information content (AvgIpc) is 3.11. The fraction of sp³-hybridized carbons (Fsp3) is 0.647. The van der Waals surface area contributed by atoms with Gasteiger partial charge in [-0.1, -0.05) is 37.1 Å². The molecular weight excluding hydrogens is 218 g/mol. The number of hydrogen-bond acceptors (Lipinski definition) is 1. The second-order valence-electron chi connectivity index (χ2n) is 6.23. The van der Waals surface area contributed by atoms with E-state index in [0.29, 0.717) is 6.04 Å². The first-order valence-corrected chi connectivity index (χ1v) is 7.65. The molecule has 1 nitrogen and oxygen atoms in total. The maximum Gasteiger partial charge on any atom is 0.0208 e. The summed E-state index contributed by atoms with van der Waals surface area (Å²) < 4.78 is 0. The Morgan fingerprint density at radius 1 is 1.17 bits per heavy atom. The van der Waals surface area contributed by atoms with Gasteiger partial charge in [-0.15, -0.1) is 0 Å². The first-order valence-electron chi connectivity index (χ1n) is 7.65. The van der Waals surface area contributed by atoms with Gasteiger partial charge in [0.15, 0.2) is 0 Å². The van der Waals surface area contributed by atoms with Crippen LogP contribution in [0.3, 0.4) is 0 Å². The van der Waals surface area contributed by atoms with Gasteiger partial charge in [-0.25, -0.2) is 0 Å². The van der Waals surface area contributed by atoms with Crippen molar-refractivity contribution < 1.29 is 0 Å². The quantitative estimate of drug-likeness (QED) is 0.816. The highest BCUT2D eigenvalue weighted by Gasteiger charge is 2.24. The summed E-state index contributed by atoms with van der Waals surface area (Å²) in [7, 11) is 0. The topological polar surface area (TPSA) is 12.0 Å². The molecule has 2 fully saturated rings. The average molecular weight is 243 g/mol. The van der Waals surface area contributed by atoms with E-state index in [1.165, 1.54) is 44.1 Å². The summed E-state index contributed by atoms with van der Waals surface area (Å²) in [6.07, 6.45) is 8.53. The van der Waals surface area contributed by atoms with E-state index in [4.69, 9.17) is 0 Å². The van der Waals surface area contributed by atoms with Crippen LogP contribution in [0, 0.1) is 5.92 Å². The Morgan fingerprint density at radius 2 is 1.94 bits per heavy atom. The summed E-state index contributed by atoms with van der Waals surface area (Å²) in [6, 6.07) is 9.87. The molecule has 0 amide bonds. The lowest BCUT2D eigenvalue weighted by Gasteiger charge is -2.20. The van der Waals surface area contributed by atoms with Gasteiger partial charge in [0.05, 0.1) is 0 Å². The Bertz CT molecular complexity index is 388. The SMILES string of the molecule is C[C@H](NCc1cccc(C2CC2)c1)C1CCCC1. The summed E-state index contributed by atoms with van der Waals surface area (Å²) in [5, 5.41) is 3.73. The second-order valence-corrected chi connectivity index (χ2v) is 6.23. The van der Waals surface area contributed by atoms with Crippen molar-refractivity contribution in [2.45, 2.75) is 64.0 Å². The zero-order chi connectivity index (χ0) is 12.4. The molecule has 2 aliphatic carbocycles. The van der Waals surface area contributed by atoms with Gasteiger partial charge in [0.2, 0.25) is 0 Å². The molecule has 0 bridgehead atoms. The Balaban J connectivity index is 1.53. The summed E-state index contributed by atoms with van der Waals surface area (Å²) in [6.45, 7) is 3.40. The van der Waals surface area contributed by atoms with Crippen LogP contribution in [0.2, 0.25) is 0 Å². The molecule has 1 aromatic carbocycles. The van der Waals surface area contributed by atoms with Gasteiger partial charge >= 0.3 is 0 Å². The smallest absolute Gasteiger partial charge is 0.0208 e. The monoisotopic (exact) mass is 243 g/mol. The molecule has 1 atom stereocenters. The molecule has 98 valence electrons. The molecular formula is C17H25N. The van der Waals surface area contributed by atoms with Gasteiger partial charge in [-0.2, -0.15) is 0 Å². The van der Waals surface area contributed by atoms with Gasteiger partial charge < -0.3 is 5.32 Å². The fourth-order valence-corrected chi connectivity index (χ4v) is 3.28. The minimum absolute atomic E-state index is 0.678. The number of rotatable bonds is 5. The van der Waals surface area contributed by atoms with Crippen molar-refractivity contribution in [2.24, 2.45) is 5.92 Å². The highest BCUT2D eigenvalue weighted by molar-refractivity contribution is 5.29. The molecule has 0 radical (unpaired) electrons. The standard InChI is InChI=1S/C17H25N/c1-13(15-6-2-3-7-15)18-12-14-5-4-8-17(11-14)16-9-10-16/h4-5,8,11,13,15-16,18H,2-3,6-7,9-10,12H2,1H3/t13-/m0/s1.